The number of nitrogens with one attached hydrogen (secondary N) is 1. The van der Waals surface area contributed by atoms with Gasteiger partial charge in [0, 0.05) is 31.5 Å². The third-order valence-corrected chi connectivity index (χ3v) is 4.38. The Labute approximate surface area is 113 Å². The molecule has 2 fully saturated rings. The van der Waals surface area contributed by atoms with E-state index in [2.05, 4.69) is 31.7 Å². The minimum absolute atomic E-state index is 0.791. The van der Waals surface area contributed by atoms with Gasteiger partial charge in [0.1, 0.15) is 11.5 Å². The minimum atomic E-state index is 0.791. The Morgan fingerprint density at radius 1 is 1.26 bits per heavy atom. The lowest BCUT2D eigenvalue weighted by Crippen LogP contribution is -2.25. The number of nitrogens with zero attached hydrogens (tertiary/aromatic N) is 3. The molecule has 2 aromatic rings. The van der Waals surface area contributed by atoms with Crippen molar-refractivity contribution >= 4 is 11.5 Å². The zero-order valence-corrected chi connectivity index (χ0v) is 11.1. The first-order valence-corrected chi connectivity index (χ1v) is 7.30. The van der Waals surface area contributed by atoms with Crippen LogP contribution in [0.4, 0.5) is 5.82 Å². The van der Waals surface area contributed by atoms with Crippen LogP contribution in [0.15, 0.2) is 30.6 Å². The maximum Gasteiger partial charge on any atom is 0.138 e. The van der Waals surface area contributed by atoms with Crippen molar-refractivity contribution in [1.82, 2.24) is 14.3 Å². The molecule has 2 aromatic heterocycles. The first kappa shape index (κ1) is 11.3. The second-order valence-corrected chi connectivity index (χ2v) is 5.83. The van der Waals surface area contributed by atoms with Crippen LogP contribution < -0.4 is 5.32 Å². The number of rotatable bonds is 4. The predicted octanol–water partition coefficient (Wildman–Crippen LogP) is 2.23. The summed E-state index contributed by atoms with van der Waals surface area (Å²) in [7, 11) is 0. The van der Waals surface area contributed by atoms with Crippen LogP contribution in [-0.4, -0.2) is 40.0 Å². The number of hydrogen-bond acceptors (Lipinski definition) is 3. The van der Waals surface area contributed by atoms with E-state index in [1.54, 1.807) is 0 Å². The third-order valence-electron chi connectivity index (χ3n) is 4.38. The predicted molar refractivity (Wildman–Crippen MR) is 76.4 cm³/mol. The largest absolute Gasteiger partial charge is 0.371 e. The summed E-state index contributed by atoms with van der Waals surface area (Å²) >= 11 is 0. The zero-order valence-electron chi connectivity index (χ0n) is 11.1. The number of pyridine rings is 1. The third kappa shape index (κ3) is 2.21. The van der Waals surface area contributed by atoms with E-state index >= 15 is 0 Å². The molecule has 0 radical (unpaired) electrons. The molecule has 4 heteroatoms. The van der Waals surface area contributed by atoms with Gasteiger partial charge in [-0.2, -0.15) is 0 Å². The van der Waals surface area contributed by atoms with E-state index in [0.29, 0.717) is 0 Å². The van der Waals surface area contributed by atoms with E-state index in [0.717, 1.165) is 30.0 Å². The van der Waals surface area contributed by atoms with Gasteiger partial charge in [0.05, 0.1) is 0 Å². The van der Waals surface area contributed by atoms with Crippen molar-refractivity contribution < 1.29 is 0 Å². The number of hydrogen-bond donors (Lipinski definition) is 1. The van der Waals surface area contributed by atoms with Crippen LogP contribution in [0.2, 0.25) is 0 Å². The fourth-order valence-corrected chi connectivity index (χ4v) is 3.14. The molecule has 1 saturated carbocycles. The Balaban J connectivity index is 1.40. The fourth-order valence-electron chi connectivity index (χ4n) is 3.14. The molecule has 0 bridgehead atoms. The molecule has 1 aliphatic carbocycles. The van der Waals surface area contributed by atoms with Gasteiger partial charge < -0.3 is 10.2 Å². The second-order valence-electron chi connectivity index (χ2n) is 5.83. The summed E-state index contributed by atoms with van der Waals surface area (Å²) in [6.07, 6.45) is 8.06. The van der Waals surface area contributed by atoms with Crippen molar-refractivity contribution in [1.29, 1.82) is 0 Å². The average molecular weight is 256 g/mol. The summed E-state index contributed by atoms with van der Waals surface area (Å²) in [6.45, 7) is 3.64. The summed E-state index contributed by atoms with van der Waals surface area (Å²) in [5.74, 6) is 1.94. The molecular weight excluding hydrogens is 236 g/mol. The van der Waals surface area contributed by atoms with Gasteiger partial charge in [0.2, 0.25) is 0 Å². The maximum atomic E-state index is 4.32. The molecule has 1 atom stereocenters. The molecule has 1 saturated heterocycles. The number of aromatic nitrogens is 2. The Hall–Kier alpha value is -1.55. The zero-order chi connectivity index (χ0) is 12.7. The van der Waals surface area contributed by atoms with Crippen LogP contribution in [0, 0.1) is 5.92 Å². The average Bonchev–Trinajstić information content (AvgIpc) is 3.00. The van der Waals surface area contributed by atoms with E-state index < -0.39 is 0 Å². The number of imidazole rings is 1. The highest BCUT2D eigenvalue weighted by atomic mass is 15.2. The summed E-state index contributed by atoms with van der Waals surface area (Å²) in [5.41, 5.74) is 1.01. The quantitative estimate of drug-likeness (QED) is 0.910. The minimum Gasteiger partial charge on any atom is -0.371 e. The van der Waals surface area contributed by atoms with Crippen LogP contribution in [-0.2, 0) is 0 Å². The van der Waals surface area contributed by atoms with Crippen LogP contribution >= 0.6 is 0 Å². The van der Waals surface area contributed by atoms with Gasteiger partial charge in [0.25, 0.3) is 0 Å². The number of fused-ring (bicyclic) bond motifs is 1. The van der Waals surface area contributed by atoms with E-state index in [1.165, 1.54) is 32.4 Å². The van der Waals surface area contributed by atoms with Gasteiger partial charge in [-0.15, -0.1) is 0 Å². The molecule has 19 heavy (non-hydrogen) atoms. The number of anilines is 1. The van der Waals surface area contributed by atoms with Crippen LogP contribution in [0.1, 0.15) is 19.3 Å². The van der Waals surface area contributed by atoms with Crippen molar-refractivity contribution in [2.45, 2.75) is 25.3 Å². The lowest BCUT2D eigenvalue weighted by Gasteiger charge is -2.16. The second kappa shape index (κ2) is 4.53. The molecule has 1 aliphatic heterocycles. The van der Waals surface area contributed by atoms with E-state index in [1.807, 2.05) is 18.5 Å². The van der Waals surface area contributed by atoms with Gasteiger partial charge in [-0.25, -0.2) is 4.98 Å². The summed E-state index contributed by atoms with van der Waals surface area (Å²) in [5, 5.41) is 3.59. The fraction of sp³-hybridized carbons (Fsp3) is 0.533. The van der Waals surface area contributed by atoms with Crippen molar-refractivity contribution in [3.8, 4) is 0 Å². The molecule has 0 amide bonds. The first-order chi connectivity index (χ1) is 9.40. The maximum absolute atomic E-state index is 4.32. The smallest absolute Gasteiger partial charge is 0.138 e. The monoisotopic (exact) mass is 256 g/mol. The Morgan fingerprint density at radius 2 is 2.21 bits per heavy atom. The van der Waals surface area contributed by atoms with Crippen LogP contribution in [0.3, 0.4) is 0 Å². The summed E-state index contributed by atoms with van der Waals surface area (Å²) in [4.78, 5) is 6.99. The molecule has 100 valence electrons. The van der Waals surface area contributed by atoms with Gasteiger partial charge in [0.15, 0.2) is 0 Å². The Morgan fingerprint density at radius 3 is 3.11 bits per heavy atom. The molecule has 0 aromatic carbocycles. The lowest BCUT2D eigenvalue weighted by atomic mass is 10.1. The Kier molecular flexibility index (Phi) is 2.69. The van der Waals surface area contributed by atoms with E-state index in [-0.39, 0.29) is 0 Å². The molecule has 1 N–H and O–H groups in total. The highest BCUT2D eigenvalue weighted by Gasteiger charge is 2.34. The number of likely N-dealkylation sites (tertiary alicyclic amines) is 1. The van der Waals surface area contributed by atoms with Gasteiger partial charge in [-0.1, -0.05) is 6.07 Å². The van der Waals surface area contributed by atoms with Gasteiger partial charge in [-0.3, -0.25) is 4.40 Å². The van der Waals surface area contributed by atoms with E-state index in [4.69, 9.17) is 0 Å². The van der Waals surface area contributed by atoms with Crippen molar-refractivity contribution in [3.05, 3.63) is 30.6 Å². The van der Waals surface area contributed by atoms with Crippen LogP contribution in [0.5, 0.6) is 0 Å². The molecule has 1 unspecified atom stereocenters. The molecule has 2 aliphatic rings. The Bertz CT molecular complexity index is 572. The first-order valence-electron chi connectivity index (χ1n) is 7.30. The SMILES string of the molecule is c1cc(NCC2CCN(C3CC3)C2)n2ccnc2c1. The molecule has 3 heterocycles. The molecule has 4 nitrogen and oxygen atoms in total. The highest BCUT2D eigenvalue weighted by molar-refractivity contribution is 5.49. The van der Waals surface area contributed by atoms with Crippen molar-refractivity contribution in [2.75, 3.05) is 25.0 Å². The molecule has 4 rings (SSSR count). The lowest BCUT2D eigenvalue weighted by molar-refractivity contribution is 0.316. The summed E-state index contributed by atoms with van der Waals surface area (Å²) in [6, 6.07) is 7.15. The van der Waals surface area contributed by atoms with Crippen LogP contribution in [0.25, 0.3) is 5.65 Å². The topological polar surface area (TPSA) is 32.6 Å². The van der Waals surface area contributed by atoms with Gasteiger partial charge in [-0.05, 0) is 43.9 Å². The standard InChI is InChI=1S/C15H20N4/c1-2-14-16-7-9-19(14)15(3-1)17-10-12-6-8-18(11-12)13-4-5-13/h1-3,7,9,12-13,17H,4-6,8,10-11H2. The normalized spacial score (nSPS) is 24.1. The van der Waals surface area contributed by atoms with Gasteiger partial charge >= 0.3 is 0 Å². The van der Waals surface area contributed by atoms with Crippen molar-refractivity contribution in [3.63, 3.8) is 0 Å². The van der Waals surface area contributed by atoms with Crippen molar-refractivity contribution in [2.24, 2.45) is 5.92 Å². The highest BCUT2D eigenvalue weighted by Crippen LogP contribution is 2.31. The summed E-state index contributed by atoms with van der Waals surface area (Å²) < 4.78 is 2.12. The molecule has 0 spiro atoms. The van der Waals surface area contributed by atoms with E-state index in [9.17, 15) is 0 Å². The molecular formula is C15H20N4.